The van der Waals surface area contributed by atoms with Crippen molar-refractivity contribution in [1.82, 2.24) is 5.32 Å². The van der Waals surface area contributed by atoms with Crippen molar-refractivity contribution in [2.45, 2.75) is 58.4 Å². The molecule has 0 bridgehead atoms. The van der Waals surface area contributed by atoms with Crippen LogP contribution in [0.2, 0.25) is 0 Å². The van der Waals surface area contributed by atoms with E-state index in [4.69, 9.17) is 9.47 Å². The molecule has 0 fully saturated rings. The standard InChI is InChI=1S/C24H35NO2/c1-3-4-5-6-7-11-17-25-20-22-14-15-23(24(19-22)26-2)27-18-16-21-12-9-8-10-13-21/h8-10,12-15,19,25H,3-7,11,16-18,20H2,1-2H3. The summed E-state index contributed by atoms with van der Waals surface area (Å²) in [5.74, 6) is 1.62. The van der Waals surface area contributed by atoms with Crippen LogP contribution in [0.3, 0.4) is 0 Å². The number of ether oxygens (including phenoxy) is 2. The number of unbranched alkanes of at least 4 members (excludes halogenated alkanes) is 5. The molecule has 0 unspecified atom stereocenters. The van der Waals surface area contributed by atoms with Gasteiger partial charge in [-0.3, -0.25) is 0 Å². The van der Waals surface area contributed by atoms with Crippen molar-refractivity contribution in [2.75, 3.05) is 20.3 Å². The van der Waals surface area contributed by atoms with Crippen LogP contribution in [0.4, 0.5) is 0 Å². The van der Waals surface area contributed by atoms with E-state index in [1.54, 1.807) is 7.11 Å². The first-order valence-electron chi connectivity index (χ1n) is 10.4. The lowest BCUT2D eigenvalue weighted by Gasteiger charge is -2.13. The summed E-state index contributed by atoms with van der Waals surface area (Å²) in [5, 5.41) is 3.53. The second-order valence-corrected chi connectivity index (χ2v) is 7.01. The summed E-state index contributed by atoms with van der Waals surface area (Å²) in [5.41, 5.74) is 2.51. The van der Waals surface area contributed by atoms with Crippen LogP contribution in [0, 0.1) is 0 Å². The maximum Gasteiger partial charge on any atom is 0.161 e. The Balaban J connectivity index is 1.69. The number of methoxy groups -OCH3 is 1. The van der Waals surface area contributed by atoms with Crippen molar-refractivity contribution in [3.63, 3.8) is 0 Å². The zero-order valence-corrected chi connectivity index (χ0v) is 17.0. The highest BCUT2D eigenvalue weighted by molar-refractivity contribution is 5.43. The van der Waals surface area contributed by atoms with Crippen LogP contribution in [-0.2, 0) is 13.0 Å². The molecule has 27 heavy (non-hydrogen) atoms. The Morgan fingerprint density at radius 1 is 0.815 bits per heavy atom. The average Bonchev–Trinajstić information content (AvgIpc) is 2.71. The SMILES string of the molecule is CCCCCCCCNCc1ccc(OCCc2ccccc2)c(OC)c1. The molecule has 0 saturated carbocycles. The summed E-state index contributed by atoms with van der Waals surface area (Å²) in [6.07, 6.45) is 8.88. The Morgan fingerprint density at radius 2 is 1.59 bits per heavy atom. The van der Waals surface area contributed by atoms with Gasteiger partial charge in [-0.2, -0.15) is 0 Å². The van der Waals surface area contributed by atoms with E-state index in [1.165, 1.54) is 49.7 Å². The highest BCUT2D eigenvalue weighted by atomic mass is 16.5. The highest BCUT2D eigenvalue weighted by Gasteiger charge is 2.06. The lowest BCUT2D eigenvalue weighted by molar-refractivity contribution is 0.297. The number of hydrogen-bond donors (Lipinski definition) is 1. The molecule has 3 nitrogen and oxygen atoms in total. The second kappa shape index (κ2) is 13.2. The molecule has 0 amide bonds. The lowest BCUT2D eigenvalue weighted by Crippen LogP contribution is -2.14. The molecule has 2 aromatic carbocycles. The molecule has 0 radical (unpaired) electrons. The van der Waals surface area contributed by atoms with Gasteiger partial charge in [0, 0.05) is 13.0 Å². The largest absolute Gasteiger partial charge is 0.493 e. The number of rotatable bonds is 14. The van der Waals surface area contributed by atoms with E-state index in [1.807, 2.05) is 12.1 Å². The van der Waals surface area contributed by atoms with Crippen molar-refractivity contribution < 1.29 is 9.47 Å². The van der Waals surface area contributed by atoms with Crippen LogP contribution >= 0.6 is 0 Å². The van der Waals surface area contributed by atoms with E-state index in [9.17, 15) is 0 Å². The van der Waals surface area contributed by atoms with Crippen LogP contribution in [0.25, 0.3) is 0 Å². The molecular weight excluding hydrogens is 334 g/mol. The summed E-state index contributed by atoms with van der Waals surface area (Å²) < 4.78 is 11.4. The molecule has 0 atom stereocenters. The second-order valence-electron chi connectivity index (χ2n) is 7.01. The lowest BCUT2D eigenvalue weighted by atomic mass is 10.1. The molecule has 0 aliphatic carbocycles. The fourth-order valence-corrected chi connectivity index (χ4v) is 3.13. The molecule has 148 valence electrons. The van der Waals surface area contributed by atoms with Gasteiger partial charge in [0.1, 0.15) is 0 Å². The van der Waals surface area contributed by atoms with Gasteiger partial charge in [0.2, 0.25) is 0 Å². The third kappa shape index (κ3) is 8.49. The topological polar surface area (TPSA) is 30.5 Å². The molecule has 0 aliphatic rings. The minimum atomic E-state index is 0.649. The van der Waals surface area contributed by atoms with E-state index in [-0.39, 0.29) is 0 Å². The van der Waals surface area contributed by atoms with Gasteiger partial charge in [0.05, 0.1) is 13.7 Å². The maximum absolute atomic E-state index is 5.93. The Kier molecular flexibility index (Phi) is 10.4. The first kappa shape index (κ1) is 21.3. The molecular formula is C24H35NO2. The van der Waals surface area contributed by atoms with Crippen molar-refractivity contribution in [3.05, 3.63) is 59.7 Å². The third-order valence-corrected chi connectivity index (χ3v) is 4.76. The quantitative estimate of drug-likeness (QED) is 0.429. The zero-order chi connectivity index (χ0) is 19.2. The minimum Gasteiger partial charge on any atom is -0.493 e. The van der Waals surface area contributed by atoms with E-state index < -0.39 is 0 Å². The monoisotopic (exact) mass is 369 g/mol. The Morgan fingerprint density at radius 3 is 2.37 bits per heavy atom. The van der Waals surface area contributed by atoms with Gasteiger partial charge in [-0.1, -0.05) is 75.4 Å². The predicted octanol–water partition coefficient (Wildman–Crippen LogP) is 5.77. The molecule has 2 rings (SSSR count). The summed E-state index contributed by atoms with van der Waals surface area (Å²) in [6, 6.07) is 16.6. The average molecular weight is 370 g/mol. The van der Waals surface area contributed by atoms with E-state index in [2.05, 4.69) is 48.6 Å². The van der Waals surface area contributed by atoms with Crippen LogP contribution in [0.5, 0.6) is 11.5 Å². The van der Waals surface area contributed by atoms with Crippen LogP contribution in [-0.4, -0.2) is 20.3 Å². The molecule has 0 heterocycles. The summed E-state index contributed by atoms with van der Waals surface area (Å²) in [4.78, 5) is 0. The fourth-order valence-electron chi connectivity index (χ4n) is 3.13. The Bertz CT molecular complexity index is 628. The predicted molar refractivity (Wildman–Crippen MR) is 114 cm³/mol. The van der Waals surface area contributed by atoms with Crippen molar-refractivity contribution in [3.8, 4) is 11.5 Å². The summed E-state index contributed by atoms with van der Waals surface area (Å²) in [6.45, 7) is 4.85. The third-order valence-electron chi connectivity index (χ3n) is 4.76. The van der Waals surface area contributed by atoms with Crippen LogP contribution in [0.1, 0.15) is 56.6 Å². The molecule has 0 saturated heterocycles. The van der Waals surface area contributed by atoms with Gasteiger partial charge in [0.15, 0.2) is 11.5 Å². The molecule has 0 aliphatic heterocycles. The molecule has 0 spiro atoms. The van der Waals surface area contributed by atoms with Gasteiger partial charge in [-0.05, 0) is 36.2 Å². The van der Waals surface area contributed by atoms with E-state index in [0.717, 1.165) is 31.0 Å². The normalized spacial score (nSPS) is 10.7. The van der Waals surface area contributed by atoms with Crippen molar-refractivity contribution >= 4 is 0 Å². The zero-order valence-electron chi connectivity index (χ0n) is 17.0. The number of benzene rings is 2. The van der Waals surface area contributed by atoms with Gasteiger partial charge in [0.25, 0.3) is 0 Å². The van der Waals surface area contributed by atoms with Gasteiger partial charge >= 0.3 is 0 Å². The van der Waals surface area contributed by atoms with Crippen molar-refractivity contribution in [2.24, 2.45) is 0 Å². The Labute approximate surface area is 165 Å². The summed E-state index contributed by atoms with van der Waals surface area (Å²) >= 11 is 0. The first-order valence-corrected chi connectivity index (χ1v) is 10.4. The molecule has 0 aromatic heterocycles. The fraction of sp³-hybridized carbons (Fsp3) is 0.500. The molecule has 1 N–H and O–H groups in total. The Hall–Kier alpha value is -2.00. The van der Waals surface area contributed by atoms with Crippen LogP contribution < -0.4 is 14.8 Å². The van der Waals surface area contributed by atoms with Gasteiger partial charge in [-0.25, -0.2) is 0 Å². The van der Waals surface area contributed by atoms with Crippen molar-refractivity contribution in [1.29, 1.82) is 0 Å². The smallest absolute Gasteiger partial charge is 0.161 e. The van der Waals surface area contributed by atoms with Gasteiger partial charge in [-0.15, -0.1) is 0 Å². The minimum absolute atomic E-state index is 0.649. The molecule has 2 aromatic rings. The van der Waals surface area contributed by atoms with E-state index in [0.29, 0.717) is 6.61 Å². The van der Waals surface area contributed by atoms with Gasteiger partial charge < -0.3 is 14.8 Å². The first-order chi connectivity index (χ1) is 13.3. The number of nitrogens with one attached hydrogen (secondary N) is 1. The maximum atomic E-state index is 5.93. The molecule has 3 heteroatoms. The van der Waals surface area contributed by atoms with Crippen LogP contribution in [0.15, 0.2) is 48.5 Å². The number of hydrogen-bond acceptors (Lipinski definition) is 3. The highest BCUT2D eigenvalue weighted by Crippen LogP contribution is 2.28. The van der Waals surface area contributed by atoms with E-state index >= 15 is 0 Å². The summed E-state index contributed by atoms with van der Waals surface area (Å²) in [7, 11) is 1.70.